The van der Waals surface area contributed by atoms with Crippen molar-refractivity contribution in [3.05, 3.63) is 35.9 Å². The molecule has 0 spiro atoms. The molecule has 1 aromatic carbocycles. The van der Waals surface area contributed by atoms with E-state index in [9.17, 15) is 4.79 Å². The van der Waals surface area contributed by atoms with Crippen molar-refractivity contribution in [2.24, 2.45) is 5.92 Å². The molecule has 0 amide bonds. The van der Waals surface area contributed by atoms with Gasteiger partial charge < -0.3 is 9.53 Å². The third-order valence-electron chi connectivity index (χ3n) is 2.17. The van der Waals surface area contributed by atoms with Crippen LogP contribution in [0.2, 0.25) is 0 Å². The highest BCUT2D eigenvalue weighted by Crippen LogP contribution is 2.24. The fourth-order valence-electron chi connectivity index (χ4n) is 1.40. The summed E-state index contributed by atoms with van der Waals surface area (Å²) in [6.07, 6.45) is 5.77. The van der Waals surface area contributed by atoms with Crippen molar-refractivity contribution in [1.82, 2.24) is 0 Å². The quantitative estimate of drug-likeness (QED) is 0.540. The molecule has 2 nitrogen and oxygen atoms in total. The van der Waals surface area contributed by atoms with E-state index in [0.717, 1.165) is 11.8 Å². The Labute approximate surface area is 90.3 Å². The van der Waals surface area contributed by atoms with Crippen molar-refractivity contribution in [2.75, 3.05) is 6.61 Å². The summed E-state index contributed by atoms with van der Waals surface area (Å²) in [6, 6.07) is 9.62. The van der Waals surface area contributed by atoms with Gasteiger partial charge in [0.1, 0.15) is 12.9 Å². The van der Waals surface area contributed by atoms with Crippen LogP contribution in [0.1, 0.15) is 18.6 Å². The summed E-state index contributed by atoms with van der Waals surface area (Å²) in [6.45, 7) is 2.04. The summed E-state index contributed by atoms with van der Waals surface area (Å²) in [5.41, 5.74) is 0.979. The molecule has 2 atom stereocenters. The maximum atomic E-state index is 10.8. The Bertz CT molecular complexity index is 337. The lowest BCUT2D eigenvalue weighted by Crippen LogP contribution is -2.15. The molecule has 15 heavy (non-hydrogen) atoms. The van der Waals surface area contributed by atoms with E-state index in [1.165, 1.54) is 0 Å². The molecule has 0 saturated heterocycles. The van der Waals surface area contributed by atoms with Crippen LogP contribution in [0, 0.1) is 18.3 Å². The number of benzene rings is 1. The molecule has 0 saturated carbocycles. The predicted octanol–water partition coefficient (Wildman–Crippen LogP) is 2.21. The molecular weight excluding hydrogens is 188 g/mol. The number of hydrogen-bond donors (Lipinski definition) is 0. The third-order valence-corrected chi connectivity index (χ3v) is 2.17. The molecule has 0 aliphatic rings. The van der Waals surface area contributed by atoms with Gasteiger partial charge in [-0.25, -0.2) is 0 Å². The highest BCUT2D eigenvalue weighted by molar-refractivity contribution is 5.54. The van der Waals surface area contributed by atoms with Gasteiger partial charge in [0.2, 0.25) is 0 Å². The predicted molar refractivity (Wildman–Crippen MR) is 59.2 cm³/mol. The molecule has 0 fully saturated rings. The average molecular weight is 202 g/mol. The van der Waals surface area contributed by atoms with Gasteiger partial charge in [-0.3, -0.25) is 0 Å². The smallest absolute Gasteiger partial charge is 0.125 e. The zero-order valence-corrected chi connectivity index (χ0v) is 8.72. The van der Waals surface area contributed by atoms with Crippen LogP contribution >= 0.6 is 0 Å². The standard InChI is InChI=1S/C13H14O2/c1-3-9-15-13(11(2)10-14)12-7-5-4-6-8-12/h1,4-8,10-11,13H,9H2,2H3/t11-,13+/m0/s1. The normalized spacial score (nSPS) is 13.9. The zero-order valence-electron chi connectivity index (χ0n) is 8.72. The Morgan fingerprint density at radius 2 is 2.13 bits per heavy atom. The Balaban J connectivity index is 2.81. The Morgan fingerprint density at radius 1 is 1.47 bits per heavy atom. The number of aldehydes is 1. The molecule has 0 radical (unpaired) electrons. The molecule has 0 aromatic heterocycles. The highest BCUT2D eigenvalue weighted by atomic mass is 16.5. The second kappa shape index (κ2) is 6.00. The molecular formula is C13H14O2. The first-order valence-electron chi connectivity index (χ1n) is 4.85. The van der Waals surface area contributed by atoms with E-state index in [4.69, 9.17) is 11.2 Å². The molecule has 0 unspecified atom stereocenters. The maximum Gasteiger partial charge on any atom is 0.125 e. The first kappa shape index (κ1) is 11.5. The van der Waals surface area contributed by atoms with Gasteiger partial charge in [0.25, 0.3) is 0 Å². The lowest BCUT2D eigenvalue weighted by Gasteiger charge is -2.19. The number of ether oxygens (including phenoxy) is 1. The number of terminal acetylenes is 1. The van der Waals surface area contributed by atoms with E-state index in [1.54, 1.807) is 0 Å². The lowest BCUT2D eigenvalue weighted by molar-refractivity contribution is -0.115. The van der Waals surface area contributed by atoms with Crippen molar-refractivity contribution in [3.63, 3.8) is 0 Å². The maximum absolute atomic E-state index is 10.8. The van der Waals surface area contributed by atoms with Crippen molar-refractivity contribution in [2.45, 2.75) is 13.0 Å². The summed E-state index contributed by atoms with van der Waals surface area (Å²) < 4.78 is 5.46. The largest absolute Gasteiger partial charge is 0.360 e. The topological polar surface area (TPSA) is 26.3 Å². The Hall–Kier alpha value is -1.59. The van der Waals surface area contributed by atoms with Crippen LogP contribution in [-0.4, -0.2) is 12.9 Å². The van der Waals surface area contributed by atoms with Crippen LogP contribution in [0.15, 0.2) is 30.3 Å². The molecule has 0 bridgehead atoms. The van der Waals surface area contributed by atoms with Gasteiger partial charge in [-0.15, -0.1) is 6.42 Å². The fourth-order valence-corrected chi connectivity index (χ4v) is 1.40. The van der Waals surface area contributed by atoms with Crippen LogP contribution in [0.5, 0.6) is 0 Å². The van der Waals surface area contributed by atoms with Crippen LogP contribution in [-0.2, 0) is 9.53 Å². The van der Waals surface area contributed by atoms with Crippen molar-refractivity contribution < 1.29 is 9.53 Å². The number of carbonyl (C=O) groups excluding carboxylic acids is 1. The van der Waals surface area contributed by atoms with Gasteiger partial charge in [0.05, 0.1) is 6.10 Å². The summed E-state index contributed by atoms with van der Waals surface area (Å²) in [7, 11) is 0. The summed E-state index contributed by atoms with van der Waals surface area (Å²) in [4.78, 5) is 10.8. The van der Waals surface area contributed by atoms with Gasteiger partial charge in [-0.05, 0) is 5.56 Å². The molecule has 0 N–H and O–H groups in total. The van der Waals surface area contributed by atoms with Crippen LogP contribution < -0.4 is 0 Å². The lowest BCUT2D eigenvalue weighted by atomic mass is 9.98. The van der Waals surface area contributed by atoms with E-state index < -0.39 is 0 Å². The van der Waals surface area contributed by atoms with E-state index in [0.29, 0.717) is 0 Å². The van der Waals surface area contributed by atoms with Crippen molar-refractivity contribution >= 4 is 6.29 Å². The SMILES string of the molecule is C#CCO[C@@H](c1ccccc1)[C@@H](C)C=O. The zero-order chi connectivity index (χ0) is 11.1. The summed E-state index contributed by atoms with van der Waals surface area (Å²) >= 11 is 0. The highest BCUT2D eigenvalue weighted by Gasteiger charge is 2.18. The first-order chi connectivity index (χ1) is 7.29. The average Bonchev–Trinajstić information content (AvgIpc) is 2.30. The Morgan fingerprint density at radius 3 is 2.67 bits per heavy atom. The molecule has 0 heterocycles. The molecule has 2 heteroatoms. The monoisotopic (exact) mass is 202 g/mol. The summed E-state index contributed by atoms with van der Waals surface area (Å²) in [5, 5.41) is 0. The van der Waals surface area contributed by atoms with Gasteiger partial charge in [-0.2, -0.15) is 0 Å². The molecule has 1 aromatic rings. The van der Waals surface area contributed by atoms with Crippen molar-refractivity contribution in [3.8, 4) is 12.3 Å². The van der Waals surface area contributed by atoms with Crippen LogP contribution in [0.4, 0.5) is 0 Å². The molecule has 1 rings (SSSR count). The van der Waals surface area contributed by atoms with Gasteiger partial charge in [0, 0.05) is 5.92 Å². The van der Waals surface area contributed by atoms with E-state index in [1.807, 2.05) is 37.3 Å². The van der Waals surface area contributed by atoms with E-state index in [-0.39, 0.29) is 18.6 Å². The second-order valence-electron chi connectivity index (χ2n) is 3.34. The molecule has 0 aliphatic heterocycles. The van der Waals surface area contributed by atoms with Gasteiger partial charge >= 0.3 is 0 Å². The number of rotatable bonds is 5. The van der Waals surface area contributed by atoms with E-state index in [2.05, 4.69) is 5.92 Å². The van der Waals surface area contributed by atoms with Gasteiger partial charge in [0.15, 0.2) is 0 Å². The minimum Gasteiger partial charge on any atom is -0.360 e. The van der Waals surface area contributed by atoms with Crippen LogP contribution in [0.3, 0.4) is 0 Å². The third kappa shape index (κ3) is 3.23. The fraction of sp³-hybridized carbons (Fsp3) is 0.308. The minimum absolute atomic E-state index is 0.194. The van der Waals surface area contributed by atoms with E-state index >= 15 is 0 Å². The van der Waals surface area contributed by atoms with Gasteiger partial charge in [-0.1, -0.05) is 43.2 Å². The Kier molecular flexibility index (Phi) is 4.59. The number of hydrogen-bond acceptors (Lipinski definition) is 2. The minimum atomic E-state index is -0.250. The van der Waals surface area contributed by atoms with Crippen molar-refractivity contribution in [1.29, 1.82) is 0 Å². The molecule has 0 aliphatic carbocycles. The summed E-state index contributed by atoms with van der Waals surface area (Å²) in [5.74, 6) is 2.21. The first-order valence-corrected chi connectivity index (χ1v) is 4.85. The molecule has 78 valence electrons. The number of carbonyl (C=O) groups is 1. The van der Waals surface area contributed by atoms with Crippen LogP contribution in [0.25, 0.3) is 0 Å². The second-order valence-corrected chi connectivity index (χ2v) is 3.34.